The van der Waals surface area contributed by atoms with E-state index < -0.39 is 23.3 Å². The summed E-state index contributed by atoms with van der Waals surface area (Å²) in [5.74, 6) is -1.94. The van der Waals surface area contributed by atoms with Crippen LogP contribution >= 0.6 is 11.6 Å². The monoisotopic (exact) mass is 377 g/mol. The van der Waals surface area contributed by atoms with Gasteiger partial charge in [-0.2, -0.15) is 5.10 Å². The Labute approximate surface area is 153 Å². The quantitative estimate of drug-likeness (QED) is 0.693. The number of fused-ring (bicyclic) bond motifs is 1. The summed E-state index contributed by atoms with van der Waals surface area (Å²) in [6.45, 7) is 3.60. The van der Waals surface area contributed by atoms with Crippen LogP contribution in [0.5, 0.6) is 5.75 Å². The van der Waals surface area contributed by atoms with Crippen LogP contribution in [0.3, 0.4) is 0 Å². The Hall–Kier alpha value is -3.07. The second kappa shape index (κ2) is 6.34. The molecule has 0 saturated carbocycles. The van der Waals surface area contributed by atoms with Gasteiger partial charge in [-0.05, 0) is 32.0 Å². The van der Waals surface area contributed by atoms with E-state index in [2.05, 4.69) is 15.7 Å². The van der Waals surface area contributed by atoms with Crippen molar-refractivity contribution < 1.29 is 19.1 Å². The third-order valence-corrected chi connectivity index (χ3v) is 4.17. The molecule has 0 aliphatic carbocycles. The molecular weight excluding hydrogens is 362 g/mol. The summed E-state index contributed by atoms with van der Waals surface area (Å²) in [4.78, 5) is 36.7. The smallest absolute Gasteiger partial charge is 0.278 e. The van der Waals surface area contributed by atoms with Crippen LogP contribution in [0.4, 0.5) is 11.4 Å². The van der Waals surface area contributed by atoms with Crippen molar-refractivity contribution in [3.05, 3.63) is 35.1 Å². The molecule has 10 heteroatoms. The molecule has 0 radical (unpaired) electrons. The van der Waals surface area contributed by atoms with Crippen molar-refractivity contribution in [2.45, 2.75) is 26.0 Å². The van der Waals surface area contributed by atoms with E-state index in [-0.39, 0.29) is 11.4 Å². The van der Waals surface area contributed by atoms with Gasteiger partial charge in [0.25, 0.3) is 23.3 Å². The fourth-order valence-corrected chi connectivity index (χ4v) is 2.62. The lowest BCUT2D eigenvalue weighted by Crippen LogP contribution is -2.56. The number of nitrogens with one attached hydrogen (secondary N) is 2. The van der Waals surface area contributed by atoms with Gasteiger partial charge in [-0.25, -0.2) is 0 Å². The predicted molar refractivity (Wildman–Crippen MR) is 94.2 cm³/mol. The first-order chi connectivity index (χ1) is 12.2. The van der Waals surface area contributed by atoms with Gasteiger partial charge in [-0.3, -0.25) is 19.1 Å². The molecule has 0 fully saturated rings. The van der Waals surface area contributed by atoms with Crippen LogP contribution in [0, 0.1) is 0 Å². The molecule has 1 aromatic heterocycles. The fourth-order valence-electron chi connectivity index (χ4n) is 2.44. The van der Waals surface area contributed by atoms with Gasteiger partial charge in [0, 0.05) is 17.8 Å². The zero-order valence-electron chi connectivity index (χ0n) is 14.0. The third-order valence-electron chi connectivity index (χ3n) is 3.94. The number of benzene rings is 1. The molecule has 0 bridgehead atoms. The lowest BCUT2D eigenvalue weighted by Gasteiger charge is -2.33. The largest absolute Gasteiger partial charge is 0.466 e. The second-order valence-electron chi connectivity index (χ2n) is 5.80. The molecule has 1 aliphatic heterocycles. The third kappa shape index (κ3) is 2.97. The Morgan fingerprint density at radius 3 is 2.85 bits per heavy atom. The van der Waals surface area contributed by atoms with Crippen molar-refractivity contribution in [2.75, 3.05) is 10.6 Å². The van der Waals surface area contributed by atoms with Crippen LogP contribution < -0.4 is 21.1 Å². The SMILES string of the molecule is CCn1cc(NC(=O)C2(C)Oc3ccc(Cl)cc3NC2=O)c(C(N)=O)n1. The normalized spacial score (nSPS) is 18.5. The van der Waals surface area contributed by atoms with Gasteiger partial charge in [0.15, 0.2) is 5.69 Å². The maximum absolute atomic E-state index is 12.7. The number of aryl methyl sites for hydroxylation is 1. The van der Waals surface area contributed by atoms with Crippen LogP contribution in [0.1, 0.15) is 24.3 Å². The standard InChI is InChI=1S/C16H16ClN5O4/c1-3-22-7-10(12(21-22)13(18)23)20-15(25)16(2)14(24)19-9-6-8(17)4-5-11(9)26-16/h4-7H,3H2,1-2H3,(H2,18,23)(H,19,24)(H,20,25). The molecule has 0 saturated heterocycles. The molecule has 3 amide bonds. The van der Waals surface area contributed by atoms with Gasteiger partial charge >= 0.3 is 0 Å². The molecular formula is C16H16ClN5O4. The summed E-state index contributed by atoms with van der Waals surface area (Å²) >= 11 is 5.89. The molecule has 1 atom stereocenters. The number of carbonyl (C=O) groups is 3. The molecule has 2 heterocycles. The first-order valence-electron chi connectivity index (χ1n) is 7.73. The number of primary amides is 1. The van der Waals surface area contributed by atoms with E-state index in [0.717, 1.165) is 0 Å². The average Bonchev–Trinajstić information content (AvgIpc) is 2.99. The van der Waals surface area contributed by atoms with E-state index in [1.807, 2.05) is 6.92 Å². The molecule has 1 aliphatic rings. The lowest BCUT2D eigenvalue weighted by atomic mass is 10.0. The average molecular weight is 378 g/mol. The van der Waals surface area contributed by atoms with Crippen molar-refractivity contribution >= 4 is 40.7 Å². The number of hydrogen-bond donors (Lipinski definition) is 3. The van der Waals surface area contributed by atoms with Gasteiger partial charge in [0.1, 0.15) is 5.75 Å². The zero-order chi connectivity index (χ0) is 19.1. The van der Waals surface area contributed by atoms with Crippen LogP contribution in [0.2, 0.25) is 5.02 Å². The number of amides is 3. The fraction of sp³-hybridized carbons (Fsp3) is 0.250. The summed E-state index contributed by atoms with van der Waals surface area (Å²) in [7, 11) is 0. The van der Waals surface area contributed by atoms with E-state index in [9.17, 15) is 14.4 Å². The Balaban J connectivity index is 1.90. The van der Waals surface area contributed by atoms with Crippen molar-refractivity contribution in [2.24, 2.45) is 5.73 Å². The highest BCUT2D eigenvalue weighted by Crippen LogP contribution is 2.36. The Bertz CT molecular complexity index is 925. The molecule has 3 rings (SSSR count). The number of ether oxygens (including phenoxy) is 1. The highest BCUT2D eigenvalue weighted by molar-refractivity contribution is 6.31. The highest BCUT2D eigenvalue weighted by atomic mass is 35.5. The van der Waals surface area contributed by atoms with Crippen LogP contribution in [0.15, 0.2) is 24.4 Å². The summed E-state index contributed by atoms with van der Waals surface area (Å²) in [6, 6.07) is 4.64. The van der Waals surface area contributed by atoms with Gasteiger partial charge in [0.2, 0.25) is 0 Å². The number of hydrogen-bond acceptors (Lipinski definition) is 5. The minimum Gasteiger partial charge on any atom is -0.466 e. The summed E-state index contributed by atoms with van der Waals surface area (Å²) < 4.78 is 7.07. The van der Waals surface area contributed by atoms with E-state index in [1.54, 1.807) is 12.1 Å². The number of halogens is 1. The number of nitrogens with zero attached hydrogens (tertiary/aromatic N) is 2. The Kier molecular flexibility index (Phi) is 4.33. The van der Waals surface area contributed by atoms with E-state index in [4.69, 9.17) is 22.1 Å². The van der Waals surface area contributed by atoms with Crippen molar-refractivity contribution in [3.8, 4) is 5.75 Å². The first-order valence-corrected chi connectivity index (χ1v) is 8.11. The number of carbonyl (C=O) groups excluding carboxylic acids is 3. The highest BCUT2D eigenvalue weighted by Gasteiger charge is 2.47. The van der Waals surface area contributed by atoms with E-state index in [0.29, 0.717) is 23.0 Å². The van der Waals surface area contributed by atoms with Gasteiger partial charge < -0.3 is 21.1 Å². The van der Waals surface area contributed by atoms with Crippen LogP contribution in [-0.2, 0) is 16.1 Å². The number of rotatable bonds is 4. The molecule has 9 nitrogen and oxygen atoms in total. The van der Waals surface area contributed by atoms with Gasteiger partial charge in [-0.1, -0.05) is 11.6 Å². The minimum absolute atomic E-state index is 0.101. The van der Waals surface area contributed by atoms with E-state index >= 15 is 0 Å². The summed E-state index contributed by atoms with van der Waals surface area (Å²) in [6.07, 6.45) is 1.45. The molecule has 2 aromatic rings. The maximum atomic E-state index is 12.7. The van der Waals surface area contributed by atoms with Gasteiger partial charge in [0.05, 0.1) is 11.4 Å². The zero-order valence-corrected chi connectivity index (χ0v) is 14.8. The Morgan fingerprint density at radius 2 is 2.19 bits per heavy atom. The maximum Gasteiger partial charge on any atom is 0.278 e. The topological polar surface area (TPSA) is 128 Å². The first kappa shape index (κ1) is 17.7. The molecule has 1 aromatic carbocycles. The molecule has 26 heavy (non-hydrogen) atoms. The van der Waals surface area contributed by atoms with Crippen molar-refractivity contribution in [1.82, 2.24) is 9.78 Å². The summed E-state index contributed by atoms with van der Waals surface area (Å²) in [5.41, 5.74) is 3.79. The molecule has 1 unspecified atom stereocenters. The predicted octanol–water partition coefficient (Wildman–Crippen LogP) is 1.38. The van der Waals surface area contributed by atoms with Gasteiger partial charge in [-0.15, -0.1) is 0 Å². The summed E-state index contributed by atoms with van der Waals surface area (Å²) in [5, 5.41) is 9.49. The molecule has 4 N–H and O–H groups in total. The number of nitrogens with two attached hydrogens (primary N) is 1. The van der Waals surface area contributed by atoms with E-state index in [1.165, 1.54) is 23.9 Å². The molecule has 136 valence electrons. The van der Waals surface area contributed by atoms with Crippen LogP contribution in [-0.4, -0.2) is 33.1 Å². The number of aromatic nitrogens is 2. The number of anilines is 2. The Morgan fingerprint density at radius 1 is 1.46 bits per heavy atom. The van der Waals surface area contributed by atoms with Crippen molar-refractivity contribution in [3.63, 3.8) is 0 Å². The molecule has 0 spiro atoms. The lowest BCUT2D eigenvalue weighted by molar-refractivity contribution is -0.143. The van der Waals surface area contributed by atoms with Crippen LogP contribution in [0.25, 0.3) is 0 Å². The van der Waals surface area contributed by atoms with Crippen molar-refractivity contribution in [1.29, 1.82) is 0 Å². The minimum atomic E-state index is -1.86. The second-order valence-corrected chi connectivity index (χ2v) is 6.23.